The van der Waals surface area contributed by atoms with E-state index >= 15 is 0 Å². The number of benzene rings is 3. The van der Waals surface area contributed by atoms with Gasteiger partial charge < -0.3 is 9.47 Å². The van der Waals surface area contributed by atoms with Gasteiger partial charge in [-0.25, -0.2) is 9.97 Å². The Morgan fingerprint density at radius 1 is 0.533 bits per heavy atom. The van der Waals surface area contributed by atoms with Crippen molar-refractivity contribution in [3.63, 3.8) is 0 Å². The molecule has 0 N–H and O–H groups in total. The van der Waals surface area contributed by atoms with Crippen LogP contribution in [0.3, 0.4) is 0 Å². The van der Waals surface area contributed by atoms with Crippen molar-refractivity contribution in [2.24, 2.45) is 0 Å². The molecule has 0 amide bonds. The van der Waals surface area contributed by atoms with Gasteiger partial charge in [0.25, 0.3) is 0 Å². The summed E-state index contributed by atoms with van der Waals surface area (Å²) in [6.07, 6.45) is 9.20. The highest BCUT2D eigenvalue weighted by atomic mass is 32.1. The molecule has 0 aliphatic heterocycles. The minimum atomic E-state index is 0.659. The maximum Gasteiger partial charge on any atom is 0.233 e. The summed E-state index contributed by atoms with van der Waals surface area (Å²) in [5, 5.41) is 1.75. The molecular weight excluding hydrogens is 617 g/mol. The Kier molecular flexibility index (Phi) is 10.8. The second kappa shape index (κ2) is 15.6. The van der Waals surface area contributed by atoms with E-state index in [4.69, 9.17) is 28.2 Å². The quantitative estimate of drug-likeness (QED) is 0.0967. The largest absolute Gasteiger partial charge is 0.477 e. The van der Waals surface area contributed by atoms with Crippen molar-refractivity contribution in [3.05, 3.63) is 72.8 Å². The molecule has 0 aliphatic carbocycles. The number of hydrogen-bond acceptors (Lipinski definition) is 9. The molecule has 9 heteroatoms. The molecule has 0 aliphatic rings. The Morgan fingerprint density at radius 2 is 0.978 bits per heavy atom. The van der Waals surface area contributed by atoms with Gasteiger partial charge in [0.05, 0.1) is 34.7 Å². The molecule has 0 unspecified atom stereocenters. The average Bonchev–Trinajstić information content (AvgIpc) is 3.84. The number of hydrogen-bond donors (Lipinski definition) is 0. The van der Waals surface area contributed by atoms with Crippen LogP contribution in [0.25, 0.3) is 53.1 Å². The van der Waals surface area contributed by atoms with Crippen molar-refractivity contribution in [3.8, 4) is 53.8 Å². The van der Waals surface area contributed by atoms with Crippen LogP contribution in [0.4, 0.5) is 0 Å². The Bertz CT molecular complexity index is 1670. The number of fused-ring (bicyclic) bond motifs is 1. The molecule has 0 saturated heterocycles. The first-order chi connectivity index (χ1) is 22.3. The minimum Gasteiger partial charge on any atom is -0.477 e. The molecular formula is C36H38N4O2S3. The highest BCUT2D eigenvalue weighted by Crippen LogP contribution is 2.45. The monoisotopic (exact) mass is 654 g/mol. The molecule has 0 bridgehead atoms. The lowest BCUT2D eigenvalue weighted by Crippen LogP contribution is -1.98. The van der Waals surface area contributed by atoms with Crippen LogP contribution in [-0.4, -0.2) is 31.9 Å². The lowest BCUT2D eigenvalue weighted by atomic mass is 10.1. The van der Waals surface area contributed by atoms with E-state index < -0.39 is 0 Å². The minimum absolute atomic E-state index is 0.659. The topological polar surface area (TPSA) is 70.0 Å². The molecule has 3 aromatic heterocycles. The van der Waals surface area contributed by atoms with E-state index in [-0.39, 0.29) is 0 Å². The van der Waals surface area contributed by atoms with Crippen molar-refractivity contribution in [1.82, 2.24) is 18.7 Å². The fourth-order valence-corrected chi connectivity index (χ4v) is 7.85. The van der Waals surface area contributed by atoms with E-state index in [0.717, 1.165) is 78.7 Å². The predicted molar refractivity (Wildman–Crippen MR) is 190 cm³/mol. The second-order valence-electron chi connectivity index (χ2n) is 11.0. The van der Waals surface area contributed by atoms with Gasteiger partial charge in [-0.2, -0.15) is 8.75 Å². The van der Waals surface area contributed by atoms with E-state index in [1.54, 1.807) is 22.7 Å². The van der Waals surface area contributed by atoms with Gasteiger partial charge >= 0.3 is 0 Å². The van der Waals surface area contributed by atoms with Crippen molar-refractivity contribution < 1.29 is 9.47 Å². The molecule has 6 nitrogen and oxygen atoms in total. The third-order valence-corrected chi connectivity index (χ3v) is 10.4. The number of nitrogens with zero attached hydrogens (tertiary/aromatic N) is 4. The number of rotatable bonds is 16. The van der Waals surface area contributed by atoms with Crippen LogP contribution in [-0.2, 0) is 0 Å². The summed E-state index contributed by atoms with van der Waals surface area (Å²) in [4.78, 5) is 12.1. The second-order valence-corrected chi connectivity index (χ2v) is 13.5. The number of aromatic nitrogens is 4. The molecule has 3 heterocycles. The molecule has 0 fully saturated rings. The van der Waals surface area contributed by atoms with E-state index in [9.17, 15) is 0 Å². The van der Waals surface area contributed by atoms with E-state index in [1.807, 2.05) is 12.1 Å². The zero-order chi connectivity index (χ0) is 30.8. The molecule has 0 spiro atoms. The van der Waals surface area contributed by atoms with Crippen LogP contribution in [0, 0.1) is 0 Å². The number of ether oxygens (including phenoxy) is 2. The number of unbranched alkanes of at least 4 members (excludes halogenated alkanes) is 6. The first-order valence-electron chi connectivity index (χ1n) is 15.9. The first-order valence-corrected chi connectivity index (χ1v) is 18.3. The summed E-state index contributed by atoms with van der Waals surface area (Å²) in [6, 6.07) is 24.9. The fourth-order valence-electron chi connectivity index (χ4n) is 5.19. The third-order valence-electron chi connectivity index (χ3n) is 7.61. The lowest BCUT2D eigenvalue weighted by Gasteiger charge is -2.05. The zero-order valence-electron chi connectivity index (χ0n) is 25.8. The van der Waals surface area contributed by atoms with Gasteiger partial charge in [-0.3, -0.25) is 0 Å². The third kappa shape index (κ3) is 7.43. The highest BCUT2D eigenvalue weighted by molar-refractivity contribution is 7.19. The number of thiazole rings is 2. The summed E-state index contributed by atoms with van der Waals surface area (Å²) in [5.41, 5.74) is 5.79. The van der Waals surface area contributed by atoms with Gasteiger partial charge in [-0.1, -0.05) is 113 Å². The summed E-state index contributed by atoms with van der Waals surface area (Å²) in [5.74, 6) is 1.37. The van der Waals surface area contributed by atoms with Gasteiger partial charge in [-0.05, 0) is 36.1 Å². The molecule has 6 aromatic rings. The van der Waals surface area contributed by atoms with Crippen LogP contribution in [0.1, 0.15) is 65.2 Å². The molecule has 0 saturated carbocycles. The molecule has 0 atom stereocenters. The van der Waals surface area contributed by atoms with Crippen LogP contribution >= 0.6 is 34.4 Å². The maximum atomic E-state index is 6.28. The summed E-state index contributed by atoms with van der Waals surface area (Å²) in [7, 11) is 0. The van der Waals surface area contributed by atoms with E-state index in [2.05, 4.69) is 74.5 Å². The van der Waals surface area contributed by atoms with Crippen molar-refractivity contribution in [2.45, 2.75) is 65.2 Å². The molecule has 3 aromatic carbocycles. The van der Waals surface area contributed by atoms with E-state index in [1.165, 1.54) is 37.4 Å². The lowest BCUT2D eigenvalue weighted by molar-refractivity contribution is 0.297. The predicted octanol–water partition coefficient (Wildman–Crippen LogP) is 11.2. The van der Waals surface area contributed by atoms with Crippen molar-refractivity contribution in [2.75, 3.05) is 13.2 Å². The summed E-state index contributed by atoms with van der Waals surface area (Å²) in [6.45, 7) is 5.76. The summed E-state index contributed by atoms with van der Waals surface area (Å²) < 4.78 is 22.1. The van der Waals surface area contributed by atoms with Gasteiger partial charge in [0, 0.05) is 11.1 Å². The average molecular weight is 655 g/mol. The first kappa shape index (κ1) is 31.3. The standard InChI is InChI=1S/C36H38N4O2S3/c1-3-5-7-15-23-41-33-31(25-17-11-9-12-18-25)43-35(37-33)27-21-22-28(30-29(27)39-45-40-30)36-38-34(42-24-16-8-6-4-2)32(44-36)26-19-13-10-14-20-26/h9-14,17-22H,3-8,15-16,23-24H2,1-2H3. The Labute approximate surface area is 277 Å². The van der Waals surface area contributed by atoms with Crippen molar-refractivity contribution >= 4 is 45.4 Å². The van der Waals surface area contributed by atoms with Crippen LogP contribution in [0.2, 0.25) is 0 Å². The van der Waals surface area contributed by atoms with Gasteiger partial charge in [0.2, 0.25) is 11.8 Å². The van der Waals surface area contributed by atoms with Crippen LogP contribution in [0.5, 0.6) is 11.8 Å². The Hall–Kier alpha value is -3.66. The molecule has 0 radical (unpaired) electrons. The molecule has 45 heavy (non-hydrogen) atoms. The van der Waals surface area contributed by atoms with Gasteiger partial charge in [0.1, 0.15) is 21.0 Å². The molecule has 232 valence electrons. The normalized spacial score (nSPS) is 11.3. The zero-order valence-corrected chi connectivity index (χ0v) is 28.3. The van der Waals surface area contributed by atoms with Crippen LogP contribution < -0.4 is 9.47 Å². The molecule has 6 rings (SSSR count). The van der Waals surface area contributed by atoms with Gasteiger partial charge in [0.15, 0.2) is 0 Å². The van der Waals surface area contributed by atoms with Gasteiger partial charge in [-0.15, -0.1) is 22.7 Å². The Morgan fingerprint density at radius 3 is 1.40 bits per heavy atom. The maximum absolute atomic E-state index is 6.28. The smallest absolute Gasteiger partial charge is 0.233 e. The highest BCUT2D eigenvalue weighted by Gasteiger charge is 2.23. The van der Waals surface area contributed by atoms with Crippen molar-refractivity contribution in [1.29, 1.82) is 0 Å². The summed E-state index contributed by atoms with van der Waals surface area (Å²) >= 11 is 4.50. The fraction of sp³-hybridized carbons (Fsp3) is 0.333. The van der Waals surface area contributed by atoms with E-state index in [0.29, 0.717) is 25.0 Å². The van der Waals surface area contributed by atoms with Crippen LogP contribution in [0.15, 0.2) is 72.8 Å². The Balaban J connectivity index is 1.34. The SMILES string of the molecule is CCCCCCOc1nc(-c2ccc(-c3nc(OCCCCCC)c(-c4ccccc4)s3)c3nsnc23)sc1-c1ccccc1.